The molecule has 1 aliphatic heterocycles. The van der Waals surface area contributed by atoms with Gasteiger partial charge in [-0.15, -0.1) is 0 Å². The molecular weight excluding hydrogens is 306 g/mol. The largest absolute Gasteiger partial charge is 0.350 e. The van der Waals surface area contributed by atoms with Crippen molar-refractivity contribution in [3.8, 4) is 0 Å². The minimum atomic E-state index is -0.183. The first-order valence-corrected chi connectivity index (χ1v) is 8.94. The van der Waals surface area contributed by atoms with Crippen molar-refractivity contribution in [2.75, 3.05) is 13.1 Å². The van der Waals surface area contributed by atoms with Crippen LogP contribution in [0.25, 0.3) is 0 Å². The third-order valence-electron chi connectivity index (χ3n) is 5.23. The van der Waals surface area contributed by atoms with Gasteiger partial charge in [0.05, 0.1) is 0 Å². The molecule has 1 saturated carbocycles. The molecule has 7 nitrogen and oxygen atoms in total. The van der Waals surface area contributed by atoms with E-state index in [0.29, 0.717) is 5.92 Å². The van der Waals surface area contributed by atoms with E-state index >= 15 is 0 Å². The van der Waals surface area contributed by atoms with Gasteiger partial charge >= 0.3 is 5.69 Å². The van der Waals surface area contributed by atoms with E-state index in [1.807, 2.05) is 0 Å². The van der Waals surface area contributed by atoms with Crippen molar-refractivity contribution in [3.63, 3.8) is 0 Å². The van der Waals surface area contributed by atoms with E-state index in [-0.39, 0.29) is 17.6 Å². The Hall–Kier alpha value is -1.89. The Balaban J connectivity index is 1.62. The van der Waals surface area contributed by atoms with Gasteiger partial charge in [0.1, 0.15) is 5.82 Å². The fourth-order valence-electron chi connectivity index (χ4n) is 3.74. The molecule has 2 fully saturated rings. The minimum Gasteiger partial charge on any atom is -0.350 e. The van der Waals surface area contributed by atoms with Crippen LogP contribution < -0.4 is 16.3 Å². The van der Waals surface area contributed by atoms with Crippen molar-refractivity contribution < 1.29 is 4.79 Å². The first-order valence-electron chi connectivity index (χ1n) is 8.94. The molecule has 0 spiro atoms. The maximum atomic E-state index is 12.4. The number of piperidine rings is 1. The Kier molecular flexibility index (Phi) is 5.50. The Morgan fingerprint density at radius 1 is 1.33 bits per heavy atom. The first-order chi connectivity index (χ1) is 11.6. The zero-order chi connectivity index (χ0) is 16.9. The average molecular weight is 333 g/mol. The van der Waals surface area contributed by atoms with Gasteiger partial charge in [-0.2, -0.15) is 5.10 Å². The number of aromatic nitrogens is 3. The third-order valence-corrected chi connectivity index (χ3v) is 5.23. The lowest BCUT2D eigenvalue weighted by molar-refractivity contribution is -0.117. The fourth-order valence-corrected chi connectivity index (χ4v) is 3.74. The Morgan fingerprint density at radius 2 is 2.08 bits per heavy atom. The van der Waals surface area contributed by atoms with Crippen molar-refractivity contribution in [2.24, 2.45) is 13.0 Å². The molecular formula is C17H27N5O2. The second kappa shape index (κ2) is 7.79. The molecule has 1 aliphatic carbocycles. The van der Waals surface area contributed by atoms with Gasteiger partial charge in [-0.1, -0.05) is 18.4 Å². The van der Waals surface area contributed by atoms with Crippen LogP contribution >= 0.6 is 0 Å². The maximum absolute atomic E-state index is 12.4. The molecule has 132 valence electrons. The van der Waals surface area contributed by atoms with E-state index in [0.717, 1.165) is 57.4 Å². The number of carbonyl (C=O) groups is 1. The Labute approximate surface area is 141 Å². The molecule has 1 amide bonds. The van der Waals surface area contributed by atoms with E-state index in [1.165, 1.54) is 12.0 Å². The molecule has 1 aromatic heterocycles. The minimum absolute atomic E-state index is 0.0275. The number of carbonyl (C=O) groups excluding carboxylic acids is 1. The van der Waals surface area contributed by atoms with Gasteiger partial charge in [0.2, 0.25) is 5.91 Å². The summed E-state index contributed by atoms with van der Waals surface area (Å²) in [6.45, 7) is 1.91. The van der Waals surface area contributed by atoms with Gasteiger partial charge in [-0.05, 0) is 44.7 Å². The average Bonchev–Trinajstić information content (AvgIpc) is 2.89. The predicted octanol–water partition coefficient (Wildman–Crippen LogP) is 0.636. The first kappa shape index (κ1) is 17.0. The number of H-pyrrole nitrogens is 1. The highest BCUT2D eigenvalue weighted by Gasteiger charge is 2.27. The van der Waals surface area contributed by atoms with Crippen molar-refractivity contribution in [1.29, 1.82) is 0 Å². The zero-order valence-corrected chi connectivity index (χ0v) is 14.3. The lowest BCUT2D eigenvalue weighted by Crippen LogP contribution is -2.42. The summed E-state index contributed by atoms with van der Waals surface area (Å²) in [6, 6.07) is 0.164. The molecule has 0 aromatic carbocycles. The summed E-state index contributed by atoms with van der Waals surface area (Å²) in [6.07, 6.45) is 8.79. The summed E-state index contributed by atoms with van der Waals surface area (Å²) in [5.41, 5.74) is 1.05. The SMILES string of the molecule is Cn1c(C[C@H]2CCCC[C@H]2NC(=O)C=C2CCNCC2)n[nH]c1=O. The van der Waals surface area contributed by atoms with Crippen molar-refractivity contribution in [3.05, 3.63) is 28.0 Å². The molecule has 3 rings (SSSR count). The number of amides is 1. The lowest BCUT2D eigenvalue weighted by Gasteiger charge is -2.31. The van der Waals surface area contributed by atoms with Crippen LogP contribution in [0, 0.1) is 5.92 Å². The highest BCUT2D eigenvalue weighted by molar-refractivity contribution is 5.88. The standard InChI is InChI=1S/C17H27N5O2/c1-22-15(20-21-17(22)24)11-13-4-2-3-5-14(13)19-16(23)10-12-6-8-18-9-7-12/h10,13-14,18H,2-9,11H2,1H3,(H,19,23)(H,21,24)/t13-,14-/m1/s1. The van der Waals surface area contributed by atoms with E-state index in [1.54, 1.807) is 17.7 Å². The summed E-state index contributed by atoms with van der Waals surface area (Å²) in [5.74, 6) is 1.13. The second-order valence-electron chi connectivity index (χ2n) is 6.92. The number of nitrogens with one attached hydrogen (secondary N) is 3. The molecule has 0 bridgehead atoms. The summed E-state index contributed by atoms with van der Waals surface area (Å²) >= 11 is 0. The Morgan fingerprint density at radius 3 is 2.79 bits per heavy atom. The van der Waals surface area contributed by atoms with Gasteiger partial charge in [0.25, 0.3) is 0 Å². The molecule has 2 heterocycles. The van der Waals surface area contributed by atoms with Crippen molar-refractivity contribution in [2.45, 2.75) is 51.0 Å². The van der Waals surface area contributed by atoms with Crippen LogP contribution in [0.4, 0.5) is 0 Å². The molecule has 0 radical (unpaired) electrons. The molecule has 1 saturated heterocycles. The summed E-state index contributed by atoms with van der Waals surface area (Å²) in [5, 5.41) is 13.1. The summed E-state index contributed by atoms with van der Waals surface area (Å²) < 4.78 is 1.56. The van der Waals surface area contributed by atoms with Crippen LogP contribution in [-0.2, 0) is 18.3 Å². The number of hydrogen-bond acceptors (Lipinski definition) is 4. The van der Waals surface area contributed by atoms with Gasteiger partial charge < -0.3 is 10.6 Å². The number of hydrogen-bond donors (Lipinski definition) is 3. The molecule has 2 atom stereocenters. The predicted molar refractivity (Wildman–Crippen MR) is 91.6 cm³/mol. The zero-order valence-electron chi connectivity index (χ0n) is 14.3. The third kappa shape index (κ3) is 4.14. The topological polar surface area (TPSA) is 91.8 Å². The highest BCUT2D eigenvalue weighted by atomic mass is 16.2. The van der Waals surface area contributed by atoms with E-state index < -0.39 is 0 Å². The highest BCUT2D eigenvalue weighted by Crippen LogP contribution is 2.27. The Bertz CT molecular complexity index is 652. The van der Waals surface area contributed by atoms with E-state index in [2.05, 4.69) is 20.8 Å². The lowest BCUT2D eigenvalue weighted by atomic mass is 9.82. The smallest absolute Gasteiger partial charge is 0.343 e. The molecule has 2 aliphatic rings. The normalized spacial score (nSPS) is 24.6. The van der Waals surface area contributed by atoms with Crippen molar-refractivity contribution in [1.82, 2.24) is 25.4 Å². The van der Waals surface area contributed by atoms with E-state index in [9.17, 15) is 9.59 Å². The van der Waals surface area contributed by atoms with Gasteiger partial charge in [-0.3, -0.25) is 9.36 Å². The summed E-state index contributed by atoms with van der Waals surface area (Å²) in [7, 11) is 1.74. The fraction of sp³-hybridized carbons (Fsp3) is 0.706. The second-order valence-corrected chi connectivity index (χ2v) is 6.92. The van der Waals surface area contributed by atoms with Crippen LogP contribution in [0.5, 0.6) is 0 Å². The number of aromatic amines is 1. The van der Waals surface area contributed by atoms with Crippen LogP contribution in [0.3, 0.4) is 0 Å². The molecule has 0 unspecified atom stereocenters. The van der Waals surface area contributed by atoms with Crippen LogP contribution in [0.15, 0.2) is 16.4 Å². The van der Waals surface area contributed by atoms with Gasteiger partial charge in [-0.25, -0.2) is 9.89 Å². The molecule has 1 aromatic rings. The summed E-state index contributed by atoms with van der Waals surface area (Å²) in [4.78, 5) is 23.9. The quantitative estimate of drug-likeness (QED) is 0.705. The molecule has 24 heavy (non-hydrogen) atoms. The molecule has 7 heteroatoms. The van der Waals surface area contributed by atoms with Crippen LogP contribution in [0.1, 0.15) is 44.3 Å². The maximum Gasteiger partial charge on any atom is 0.343 e. The van der Waals surface area contributed by atoms with Gasteiger partial charge in [0, 0.05) is 25.6 Å². The van der Waals surface area contributed by atoms with Crippen LogP contribution in [0.2, 0.25) is 0 Å². The van der Waals surface area contributed by atoms with Crippen LogP contribution in [-0.4, -0.2) is 39.8 Å². The van der Waals surface area contributed by atoms with Crippen molar-refractivity contribution >= 4 is 5.91 Å². The van der Waals surface area contributed by atoms with E-state index in [4.69, 9.17) is 0 Å². The number of rotatable bonds is 4. The molecule has 3 N–H and O–H groups in total. The van der Waals surface area contributed by atoms with Gasteiger partial charge in [0.15, 0.2) is 0 Å². The number of nitrogens with zero attached hydrogens (tertiary/aromatic N) is 2. The monoisotopic (exact) mass is 333 g/mol.